The van der Waals surface area contributed by atoms with E-state index in [1.54, 1.807) is 18.7 Å². The zero-order valence-corrected chi connectivity index (χ0v) is 13.0. The van der Waals surface area contributed by atoms with Gasteiger partial charge in [0.1, 0.15) is 5.82 Å². The van der Waals surface area contributed by atoms with Gasteiger partial charge < -0.3 is 10.0 Å². The summed E-state index contributed by atoms with van der Waals surface area (Å²) < 4.78 is 13.1. The third-order valence-electron chi connectivity index (χ3n) is 3.44. The summed E-state index contributed by atoms with van der Waals surface area (Å²) in [6.07, 6.45) is 0. The second-order valence-corrected chi connectivity index (χ2v) is 6.42. The lowest BCUT2D eigenvalue weighted by Gasteiger charge is -2.37. The molecule has 0 aromatic heterocycles. The van der Waals surface area contributed by atoms with Crippen molar-refractivity contribution >= 4 is 17.5 Å². The minimum atomic E-state index is -0.739. The molecule has 0 bridgehead atoms. The van der Waals surface area contributed by atoms with Gasteiger partial charge in [-0.3, -0.25) is 9.69 Å². The minimum Gasteiger partial charge on any atom is -0.389 e. The van der Waals surface area contributed by atoms with Crippen molar-refractivity contribution in [2.24, 2.45) is 0 Å². The van der Waals surface area contributed by atoms with Gasteiger partial charge in [0.25, 0.3) is 5.91 Å². The number of aliphatic hydroxyl groups is 1. The van der Waals surface area contributed by atoms with E-state index in [1.165, 1.54) is 18.2 Å². The van der Waals surface area contributed by atoms with Crippen LogP contribution in [-0.2, 0) is 0 Å². The van der Waals surface area contributed by atoms with Crippen LogP contribution >= 0.6 is 11.6 Å². The van der Waals surface area contributed by atoms with Crippen LogP contribution in [0.1, 0.15) is 24.2 Å². The molecule has 21 heavy (non-hydrogen) atoms. The van der Waals surface area contributed by atoms with Crippen LogP contribution in [0, 0.1) is 5.82 Å². The van der Waals surface area contributed by atoms with Gasteiger partial charge in [0, 0.05) is 38.3 Å². The molecule has 1 heterocycles. The van der Waals surface area contributed by atoms with Gasteiger partial charge in [0.2, 0.25) is 0 Å². The third-order valence-corrected chi connectivity index (χ3v) is 3.73. The topological polar surface area (TPSA) is 43.8 Å². The highest BCUT2D eigenvalue weighted by Crippen LogP contribution is 2.18. The fourth-order valence-corrected chi connectivity index (χ4v) is 2.65. The summed E-state index contributed by atoms with van der Waals surface area (Å²) in [7, 11) is 0. The van der Waals surface area contributed by atoms with Crippen molar-refractivity contribution in [3.05, 3.63) is 34.6 Å². The molecular formula is C15H20ClFN2O2. The minimum absolute atomic E-state index is 0.0403. The number of amides is 1. The Morgan fingerprint density at radius 1 is 1.33 bits per heavy atom. The predicted molar refractivity (Wildman–Crippen MR) is 80.1 cm³/mol. The fraction of sp³-hybridized carbons (Fsp3) is 0.533. The maximum absolute atomic E-state index is 13.1. The van der Waals surface area contributed by atoms with Crippen molar-refractivity contribution in [1.29, 1.82) is 0 Å². The van der Waals surface area contributed by atoms with Gasteiger partial charge in [-0.2, -0.15) is 0 Å². The first-order valence-corrected chi connectivity index (χ1v) is 7.33. The summed E-state index contributed by atoms with van der Waals surface area (Å²) in [5.74, 6) is -0.664. The zero-order valence-electron chi connectivity index (χ0n) is 12.3. The maximum Gasteiger partial charge on any atom is 0.253 e. The Morgan fingerprint density at radius 3 is 2.48 bits per heavy atom. The molecule has 1 amide bonds. The van der Waals surface area contributed by atoms with Crippen LogP contribution in [0.25, 0.3) is 0 Å². The number of piperazine rings is 1. The number of halogens is 2. The Balaban J connectivity index is 1.95. The average Bonchev–Trinajstić information content (AvgIpc) is 2.40. The average molecular weight is 315 g/mol. The number of hydrogen-bond acceptors (Lipinski definition) is 3. The van der Waals surface area contributed by atoms with E-state index in [9.17, 15) is 14.3 Å². The molecule has 1 aliphatic heterocycles. The molecule has 1 N–H and O–H groups in total. The highest BCUT2D eigenvalue weighted by atomic mass is 35.5. The zero-order chi connectivity index (χ0) is 15.6. The Kier molecular flexibility index (Phi) is 4.86. The van der Waals surface area contributed by atoms with Crippen LogP contribution in [0.15, 0.2) is 18.2 Å². The highest BCUT2D eigenvalue weighted by molar-refractivity contribution is 6.31. The van der Waals surface area contributed by atoms with E-state index in [-0.39, 0.29) is 10.9 Å². The summed E-state index contributed by atoms with van der Waals surface area (Å²) in [6.45, 7) is 6.72. The van der Waals surface area contributed by atoms with E-state index >= 15 is 0 Å². The fourth-order valence-electron chi connectivity index (χ4n) is 2.47. The lowest BCUT2D eigenvalue weighted by atomic mass is 10.1. The summed E-state index contributed by atoms with van der Waals surface area (Å²) in [6, 6.07) is 4.02. The number of benzene rings is 1. The molecule has 0 unspecified atom stereocenters. The second kappa shape index (κ2) is 6.30. The molecule has 0 radical (unpaired) electrons. The van der Waals surface area contributed by atoms with Gasteiger partial charge >= 0.3 is 0 Å². The molecule has 0 saturated carbocycles. The standard InChI is InChI=1S/C15H20ClFN2O2/c1-15(2,21)10-18-5-7-19(8-6-18)14(20)11-3-4-13(17)12(16)9-11/h3-4,9,21H,5-8,10H2,1-2H3. The molecule has 2 rings (SSSR count). The van der Waals surface area contributed by atoms with E-state index < -0.39 is 11.4 Å². The summed E-state index contributed by atoms with van der Waals surface area (Å²) in [5.41, 5.74) is -0.339. The van der Waals surface area contributed by atoms with Crippen molar-refractivity contribution in [1.82, 2.24) is 9.80 Å². The molecule has 1 aromatic carbocycles. The van der Waals surface area contributed by atoms with Crippen LogP contribution in [0.3, 0.4) is 0 Å². The first kappa shape index (κ1) is 16.2. The Bertz CT molecular complexity index is 523. The number of carbonyl (C=O) groups excluding carboxylic acids is 1. The molecule has 1 aromatic rings. The van der Waals surface area contributed by atoms with Crippen molar-refractivity contribution < 1.29 is 14.3 Å². The molecule has 1 aliphatic rings. The van der Waals surface area contributed by atoms with Crippen molar-refractivity contribution in [2.45, 2.75) is 19.4 Å². The van der Waals surface area contributed by atoms with Crippen molar-refractivity contribution in [2.75, 3.05) is 32.7 Å². The predicted octanol–water partition coefficient (Wildman–Crippen LogP) is 2.01. The molecule has 0 atom stereocenters. The SMILES string of the molecule is CC(C)(O)CN1CCN(C(=O)c2ccc(F)c(Cl)c2)CC1. The number of β-amino-alcohol motifs (C(OH)–C–C–N with tert-alkyl or cyclic N) is 1. The lowest BCUT2D eigenvalue weighted by molar-refractivity contribution is 0.0178. The summed E-state index contributed by atoms with van der Waals surface area (Å²) >= 11 is 5.71. The smallest absolute Gasteiger partial charge is 0.253 e. The van der Waals surface area contributed by atoms with Crippen molar-refractivity contribution in [3.8, 4) is 0 Å². The van der Waals surface area contributed by atoms with Gasteiger partial charge in [-0.1, -0.05) is 11.6 Å². The molecule has 4 nitrogen and oxygen atoms in total. The van der Waals surface area contributed by atoms with E-state index in [0.29, 0.717) is 38.3 Å². The van der Waals surface area contributed by atoms with Gasteiger partial charge in [-0.05, 0) is 32.0 Å². The number of nitrogens with zero attached hydrogens (tertiary/aromatic N) is 2. The number of hydrogen-bond donors (Lipinski definition) is 1. The van der Waals surface area contributed by atoms with Crippen LogP contribution in [0.4, 0.5) is 4.39 Å². The van der Waals surface area contributed by atoms with E-state index in [0.717, 1.165) is 0 Å². The molecule has 6 heteroatoms. The highest BCUT2D eigenvalue weighted by Gasteiger charge is 2.25. The molecule has 116 valence electrons. The number of carbonyl (C=O) groups is 1. The normalized spacial score (nSPS) is 17.1. The number of rotatable bonds is 3. The third kappa shape index (κ3) is 4.40. The molecule has 0 spiro atoms. The van der Waals surface area contributed by atoms with Crippen LogP contribution in [-0.4, -0.2) is 59.1 Å². The Labute approximate surface area is 129 Å². The van der Waals surface area contributed by atoms with E-state index in [1.807, 2.05) is 0 Å². The van der Waals surface area contributed by atoms with Gasteiger partial charge in [0.05, 0.1) is 10.6 Å². The molecular weight excluding hydrogens is 295 g/mol. The van der Waals surface area contributed by atoms with E-state index in [4.69, 9.17) is 11.6 Å². The summed E-state index contributed by atoms with van der Waals surface area (Å²) in [5, 5.41) is 9.77. The van der Waals surface area contributed by atoms with Gasteiger partial charge in [-0.25, -0.2) is 4.39 Å². The second-order valence-electron chi connectivity index (χ2n) is 6.01. The van der Waals surface area contributed by atoms with Crippen LogP contribution < -0.4 is 0 Å². The molecule has 1 saturated heterocycles. The largest absolute Gasteiger partial charge is 0.389 e. The first-order chi connectivity index (χ1) is 9.76. The summed E-state index contributed by atoms with van der Waals surface area (Å²) in [4.78, 5) is 16.2. The molecule has 1 fully saturated rings. The van der Waals surface area contributed by atoms with Crippen LogP contribution in [0.5, 0.6) is 0 Å². The molecule has 0 aliphatic carbocycles. The maximum atomic E-state index is 13.1. The monoisotopic (exact) mass is 314 g/mol. The van der Waals surface area contributed by atoms with E-state index in [2.05, 4.69) is 4.90 Å². The lowest BCUT2D eigenvalue weighted by Crippen LogP contribution is -2.52. The Hall–Kier alpha value is -1.17. The Morgan fingerprint density at radius 2 is 1.95 bits per heavy atom. The van der Waals surface area contributed by atoms with Gasteiger partial charge in [-0.15, -0.1) is 0 Å². The van der Waals surface area contributed by atoms with Gasteiger partial charge in [0.15, 0.2) is 0 Å². The first-order valence-electron chi connectivity index (χ1n) is 6.95. The quantitative estimate of drug-likeness (QED) is 0.928. The van der Waals surface area contributed by atoms with Crippen LogP contribution in [0.2, 0.25) is 5.02 Å². The van der Waals surface area contributed by atoms with Crippen molar-refractivity contribution in [3.63, 3.8) is 0 Å².